The first-order chi connectivity index (χ1) is 16.4. The maximum Gasteiger partial charge on any atom is 0.493 e. The van der Waals surface area contributed by atoms with Crippen molar-refractivity contribution in [1.82, 2.24) is 4.98 Å². The topological polar surface area (TPSA) is 99.2 Å². The van der Waals surface area contributed by atoms with E-state index >= 15 is 0 Å². The quantitative estimate of drug-likeness (QED) is 0.517. The van der Waals surface area contributed by atoms with Crippen molar-refractivity contribution in [1.29, 1.82) is 0 Å². The lowest BCUT2D eigenvalue weighted by Crippen LogP contribution is -2.37. The molecule has 0 saturated heterocycles. The number of nitrogens with zero attached hydrogens (tertiary/aromatic N) is 2. The summed E-state index contributed by atoms with van der Waals surface area (Å²) in [6.07, 6.45) is -5.61. The van der Waals surface area contributed by atoms with E-state index in [9.17, 15) is 22.8 Å². The number of hydroxylamine groups is 1. The average Bonchev–Trinajstić information content (AvgIpc) is 3.10. The number of benzene rings is 1. The molecule has 1 aromatic carbocycles. The Morgan fingerprint density at radius 1 is 1.11 bits per heavy atom. The first-order valence-electron chi connectivity index (χ1n) is 10.9. The predicted molar refractivity (Wildman–Crippen MR) is 119 cm³/mol. The minimum Gasteiger partial charge on any atom is -0.491 e. The van der Waals surface area contributed by atoms with Crippen LogP contribution in [0.2, 0.25) is 0 Å². The van der Waals surface area contributed by atoms with Crippen LogP contribution in [0.4, 0.5) is 24.7 Å². The molecule has 0 saturated carbocycles. The highest BCUT2D eigenvalue weighted by Gasteiger charge is 2.46. The summed E-state index contributed by atoms with van der Waals surface area (Å²) in [5.74, 6) is -2.30. The average molecular weight is 497 g/mol. The van der Waals surface area contributed by atoms with E-state index in [1.165, 1.54) is 12.3 Å². The number of pyridine rings is 1. The van der Waals surface area contributed by atoms with Crippen molar-refractivity contribution in [2.24, 2.45) is 0 Å². The molecule has 190 valence electrons. The highest BCUT2D eigenvalue weighted by Crippen LogP contribution is 2.44. The lowest BCUT2D eigenvalue weighted by Gasteiger charge is -2.27. The van der Waals surface area contributed by atoms with Gasteiger partial charge in [0.25, 0.3) is 0 Å². The van der Waals surface area contributed by atoms with Gasteiger partial charge in [0.05, 0.1) is 24.4 Å². The van der Waals surface area contributed by atoms with Crippen LogP contribution in [0.25, 0.3) is 0 Å². The molecule has 0 bridgehead atoms. The molecule has 9 nitrogen and oxygen atoms in total. The molecule has 1 aliphatic rings. The van der Waals surface area contributed by atoms with Crippen LogP contribution in [0, 0.1) is 0 Å². The minimum absolute atomic E-state index is 0.0274. The molecule has 1 atom stereocenters. The summed E-state index contributed by atoms with van der Waals surface area (Å²) in [7, 11) is 0. The second-order valence-corrected chi connectivity index (χ2v) is 8.09. The molecule has 35 heavy (non-hydrogen) atoms. The summed E-state index contributed by atoms with van der Waals surface area (Å²) in [6, 6.07) is 6.03. The summed E-state index contributed by atoms with van der Waals surface area (Å²) < 4.78 is 55.8. The standard InChI is InChI=1S/C23H26F3N3O6/c1-6-32-21(30)14-9-17-19(27-11-14)28-20(29(17)35-22(31)23(24,25)26)16-8-7-15(33-12(2)3)10-18(16)34-13(4)5/h7-13,20H,6H2,1-5H3,(H,27,28). The van der Waals surface area contributed by atoms with Crippen LogP contribution in [0.5, 0.6) is 11.5 Å². The van der Waals surface area contributed by atoms with E-state index in [0.717, 1.165) is 0 Å². The van der Waals surface area contributed by atoms with E-state index in [1.54, 1.807) is 39.0 Å². The molecule has 3 rings (SSSR count). The van der Waals surface area contributed by atoms with Gasteiger partial charge in [-0.1, -0.05) is 0 Å². The summed E-state index contributed by atoms with van der Waals surface area (Å²) in [6.45, 7) is 8.95. The number of carbonyl (C=O) groups is 2. The Labute approximate surface area is 200 Å². The lowest BCUT2D eigenvalue weighted by molar-refractivity contribution is -0.201. The van der Waals surface area contributed by atoms with Crippen molar-refractivity contribution >= 4 is 23.4 Å². The van der Waals surface area contributed by atoms with Gasteiger partial charge in [0.15, 0.2) is 12.0 Å². The van der Waals surface area contributed by atoms with Crippen LogP contribution < -0.4 is 19.9 Å². The monoisotopic (exact) mass is 497 g/mol. The summed E-state index contributed by atoms with van der Waals surface area (Å²) in [4.78, 5) is 32.8. The van der Waals surface area contributed by atoms with Gasteiger partial charge in [-0.2, -0.15) is 18.2 Å². The van der Waals surface area contributed by atoms with E-state index in [-0.39, 0.29) is 35.9 Å². The Morgan fingerprint density at radius 3 is 2.40 bits per heavy atom. The van der Waals surface area contributed by atoms with Gasteiger partial charge >= 0.3 is 18.1 Å². The number of fused-ring (bicyclic) bond motifs is 1. The van der Waals surface area contributed by atoms with Crippen molar-refractivity contribution in [2.75, 3.05) is 17.0 Å². The predicted octanol–water partition coefficient (Wildman–Crippen LogP) is 4.78. The van der Waals surface area contributed by atoms with Crippen molar-refractivity contribution < 1.29 is 41.8 Å². The minimum atomic E-state index is -5.26. The zero-order chi connectivity index (χ0) is 25.9. The van der Waals surface area contributed by atoms with Gasteiger partial charge in [-0.15, -0.1) is 0 Å². The van der Waals surface area contributed by atoms with Crippen LogP contribution in [0.1, 0.15) is 56.7 Å². The SMILES string of the molecule is CCOC(=O)c1cnc2c(c1)N(OC(=O)C(F)(F)F)C(c1ccc(OC(C)C)cc1OC(C)C)N2. The van der Waals surface area contributed by atoms with E-state index in [4.69, 9.17) is 19.0 Å². The van der Waals surface area contributed by atoms with Crippen molar-refractivity contribution in [3.63, 3.8) is 0 Å². The van der Waals surface area contributed by atoms with Gasteiger partial charge < -0.3 is 24.4 Å². The van der Waals surface area contributed by atoms with Gasteiger partial charge in [0.2, 0.25) is 0 Å². The van der Waals surface area contributed by atoms with Crippen LogP contribution in [0.3, 0.4) is 0 Å². The first-order valence-corrected chi connectivity index (χ1v) is 10.9. The normalized spacial score (nSPS) is 15.0. The fourth-order valence-corrected chi connectivity index (χ4v) is 3.27. The summed E-state index contributed by atoms with van der Waals surface area (Å²) >= 11 is 0. The fraction of sp³-hybridized carbons (Fsp3) is 0.435. The van der Waals surface area contributed by atoms with Crippen molar-refractivity contribution in [2.45, 2.75) is 59.2 Å². The Kier molecular flexibility index (Phi) is 7.61. The van der Waals surface area contributed by atoms with Gasteiger partial charge in [0, 0.05) is 17.8 Å². The van der Waals surface area contributed by atoms with E-state index < -0.39 is 24.3 Å². The molecule has 1 aromatic heterocycles. The van der Waals surface area contributed by atoms with E-state index in [0.29, 0.717) is 22.1 Å². The molecule has 2 aromatic rings. The molecule has 12 heteroatoms. The van der Waals surface area contributed by atoms with E-state index in [2.05, 4.69) is 10.3 Å². The largest absolute Gasteiger partial charge is 0.493 e. The second-order valence-electron chi connectivity index (χ2n) is 8.09. The zero-order valence-corrected chi connectivity index (χ0v) is 19.8. The molecule has 1 N–H and O–H groups in total. The number of halogens is 3. The highest BCUT2D eigenvalue weighted by atomic mass is 19.4. The molecule has 0 fully saturated rings. The van der Waals surface area contributed by atoms with Gasteiger partial charge in [0.1, 0.15) is 17.2 Å². The molecule has 1 unspecified atom stereocenters. The van der Waals surface area contributed by atoms with Crippen LogP contribution in [0.15, 0.2) is 30.5 Å². The third-order valence-corrected chi connectivity index (χ3v) is 4.55. The smallest absolute Gasteiger partial charge is 0.491 e. The summed E-state index contributed by atoms with van der Waals surface area (Å²) in [5, 5.41) is 3.64. The number of aromatic nitrogens is 1. The molecule has 0 radical (unpaired) electrons. The second kappa shape index (κ2) is 10.3. The van der Waals surface area contributed by atoms with Crippen LogP contribution >= 0.6 is 0 Å². The number of alkyl halides is 3. The molecular formula is C23H26F3N3O6. The number of carbonyl (C=O) groups excluding carboxylic acids is 2. The van der Waals surface area contributed by atoms with Gasteiger partial charge in [-0.25, -0.2) is 14.6 Å². The number of rotatable bonds is 8. The number of anilines is 2. The van der Waals surface area contributed by atoms with Gasteiger partial charge in [-0.3, -0.25) is 0 Å². The number of ether oxygens (including phenoxy) is 3. The Hall–Kier alpha value is -3.70. The van der Waals surface area contributed by atoms with Crippen LogP contribution in [-0.4, -0.2) is 41.9 Å². The number of esters is 1. The third kappa shape index (κ3) is 6.06. The molecule has 0 amide bonds. The third-order valence-electron chi connectivity index (χ3n) is 4.55. The molecule has 0 spiro atoms. The highest BCUT2D eigenvalue weighted by molar-refractivity contribution is 5.92. The van der Waals surface area contributed by atoms with Crippen LogP contribution in [-0.2, 0) is 14.4 Å². The number of hydrogen-bond acceptors (Lipinski definition) is 9. The lowest BCUT2D eigenvalue weighted by atomic mass is 10.1. The summed E-state index contributed by atoms with van der Waals surface area (Å²) in [5.41, 5.74) is 0.261. The fourth-order valence-electron chi connectivity index (χ4n) is 3.27. The Balaban J connectivity index is 2.08. The van der Waals surface area contributed by atoms with Gasteiger partial charge in [-0.05, 0) is 52.8 Å². The molecular weight excluding hydrogens is 471 g/mol. The van der Waals surface area contributed by atoms with Crippen molar-refractivity contribution in [3.8, 4) is 11.5 Å². The maximum atomic E-state index is 13.1. The number of nitrogens with one attached hydrogen (secondary N) is 1. The Morgan fingerprint density at radius 2 is 1.80 bits per heavy atom. The molecule has 2 heterocycles. The zero-order valence-electron chi connectivity index (χ0n) is 19.8. The molecule has 1 aliphatic heterocycles. The maximum absolute atomic E-state index is 13.1. The first kappa shape index (κ1) is 25.9. The molecule has 0 aliphatic carbocycles. The Bertz CT molecular complexity index is 1090. The van der Waals surface area contributed by atoms with E-state index in [1.807, 2.05) is 13.8 Å². The van der Waals surface area contributed by atoms with Crippen molar-refractivity contribution in [3.05, 3.63) is 41.6 Å². The number of hydrogen-bond donors (Lipinski definition) is 1.